The molecule has 0 saturated carbocycles. The zero-order chi connectivity index (χ0) is 13.3. The molecule has 2 aromatic carbocycles. The molecule has 1 nitrogen and oxygen atoms in total. The highest BCUT2D eigenvalue weighted by molar-refractivity contribution is 9.13. The molecule has 0 aliphatic heterocycles. The largest absolute Gasteiger partial charge is 0.455 e. The van der Waals surface area contributed by atoms with Crippen LogP contribution in [0.1, 0.15) is 0 Å². The van der Waals surface area contributed by atoms with Crippen LogP contribution in [0.5, 0.6) is 11.5 Å². The Bertz CT molecular complexity index is 597. The van der Waals surface area contributed by atoms with Crippen molar-refractivity contribution in [2.75, 3.05) is 0 Å². The summed E-state index contributed by atoms with van der Waals surface area (Å²) in [5, 5.41) is 0. The van der Waals surface area contributed by atoms with E-state index in [2.05, 4.69) is 79.6 Å². The van der Waals surface area contributed by atoms with Gasteiger partial charge >= 0.3 is 0 Å². The Morgan fingerprint density at radius 1 is 0.667 bits per heavy atom. The van der Waals surface area contributed by atoms with Crippen LogP contribution in [0.25, 0.3) is 0 Å². The zero-order valence-corrected chi connectivity index (χ0v) is 16.6. The Kier molecular flexibility index (Phi) is 5.34. The number of benzene rings is 2. The maximum Gasteiger partial charge on any atom is 0.142 e. The lowest BCUT2D eigenvalue weighted by molar-refractivity contribution is 0.475. The smallest absolute Gasteiger partial charge is 0.142 e. The van der Waals surface area contributed by atoms with Crippen molar-refractivity contribution in [1.82, 2.24) is 0 Å². The summed E-state index contributed by atoms with van der Waals surface area (Å²) >= 11 is 17.3. The van der Waals surface area contributed by atoms with Gasteiger partial charge in [0.1, 0.15) is 11.5 Å². The maximum absolute atomic E-state index is 5.88. The van der Waals surface area contributed by atoms with E-state index in [1.807, 2.05) is 30.3 Å². The molecule has 0 atom stereocenters. The fraction of sp³-hybridized carbons (Fsp3) is 0. The Morgan fingerprint density at radius 3 is 2.06 bits per heavy atom. The Hall–Kier alpha value is 0.640. The summed E-state index contributed by atoms with van der Waals surface area (Å²) in [4.78, 5) is 0. The summed E-state index contributed by atoms with van der Waals surface area (Å²) in [7, 11) is 0. The van der Waals surface area contributed by atoms with Crippen molar-refractivity contribution in [3.05, 3.63) is 52.7 Å². The molecule has 0 saturated heterocycles. The third-order valence-electron chi connectivity index (χ3n) is 2.11. The quantitative estimate of drug-likeness (QED) is 0.348. The second kappa shape index (κ2) is 6.39. The van der Waals surface area contributed by atoms with Crippen LogP contribution in [-0.2, 0) is 0 Å². The van der Waals surface area contributed by atoms with Gasteiger partial charge in [0.2, 0.25) is 0 Å². The fourth-order valence-corrected chi connectivity index (χ4v) is 3.35. The minimum atomic E-state index is 0.740. The predicted molar refractivity (Wildman–Crippen MR) is 91.5 cm³/mol. The van der Waals surface area contributed by atoms with Crippen LogP contribution in [0, 0.1) is 0 Å². The molecule has 94 valence electrons. The molecule has 2 aromatic rings. The van der Waals surface area contributed by atoms with E-state index in [0.717, 1.165) is 33.9 Å². The van der Waals surface area contributed by atoms with Crippen molar-refractivity contribution in [1.29, 1.82) is 0 Å². The van der Waals surface area contributed by atoms with Crippen molar-refractivity contribution in [3.63, 3.8) is 0 Å². The van der Waals surface area contributed by atoms with Gasteiger partial charge in [0.15, 0.2) is 0 Å². The van der Waals surface area contributed by atoms with Crippen molar-refractivity contribution in [3.8, 4) is 11.5 Å². The molecule has 0 amide bonds. The van der Waals surface area contributed by atoms with Gasteiger partial charge in [-0.05, 0) is 104 Å². The number of hydrogen-bond donors (Lipinski definition) is 0. The zero-order valence-electron chi connectivity index (χ0n) is 8.68. The standard InChI is InChI=1S/C12H5Br5O/c13-6-2-1-3-10(12(6)17)18-11-5-8(15)7(14)4-9(11)16/h1-5H. The summed E-state index contributed by atoms with van der Waals surface area (Å²) < 4.78 is 10.5. The van der Waals surface area contributed by atoms with Crippen molar-refractivity contribution in [2.45, 2.75) is 0 Å². The SMILES string of the molecule is Brc1cc(Br)c(Oc2cccc(Br)c2Br)cc1Br. The molecule has 0 radical (unpaired) electrons. The highest BCUT2D eigenvalue weighted by atomic mass is 79.9. The van der Waals surface area contributed by atoms with Crippen molar-refractivity contribution in [2.24, 2.45) is 0 Å². The van der Waals surface area contributed by atoms with Gasteiger partial charge in [-0.1, -0.05) is 6.07 Å². The highest BCUT2D eigenvalue weighted by Gasteiger charge is 2.10. The molecular formula is C12H5Br5O. The normalized spacial score (nSPS) is 10.5. The van der Waals surface area contributed by atoms with Crippen LogP contribution in [0.2, 0.25) is 0 Å². The average Bonchev–Trinajstić information content (AvgIpc) is 2.32. The van der Waals surface area contributed by atoms with Gasteiger partial charge < -0.3 is 4.74 Å². The van der Waals surface area contributed by atoms with Gasteiger partial charge in [-0.25, -0.2) is 0 Å². The average molecular weight is 565 g/mol. The summed E-state index contributed by atoms with van der Waals surface area (Å²) in [6.07, 6.45) is 0. The second-order valence-electron chi connectivity index (χ2n) is 3.35. The lowest BCUT2D eigenvalue weighted by atomic mass is 10.3. The molecule has 0 unspecified atom stereocenters. The van der Waals surface area contributed by atoms with E-state index in [1.165, 1.54) is 0 Å². The van der Waals surface area contributed by atoms with Crippen LogP contribution < -0.4 is 4.74 Å². The lowest BCUT2D eigenvalue weighted by Gasteiger charge is -2.11. The summed E-state index contributed by atoms with van der Waals surface area (Å²) in [5.74, 6) is 1.49. The van der Waals surface area contributed by atoms with Crippen LogP contribution in [0.4, 0.5) is 0 Å². The lowest BCUT2D eigenvalue weighted by Crippen LogP contribution is -1.88. The van der Waals surface area contributed by atoms with Crippen LogP contribution >= 0.6 is 79.6 Å². The number of hydrogen-bond acceptors (Lipinski definition) is 1. The van der Waals surface area contributed by atoms with E-state index in [-0.39, 0.29) is 0 Å². The fourth-order valence-electron chi connectivity index (χ4n) is 1.26. The third-order valence-corrected chi connectivity index (χ3v) is 6.59. The summed E-state index contributed by atoms with van der Waals surface area (Å²) in [5.41, 5.74) is 0. The monoisotopic (exact) mass is 560 g/mol. The van der Waals surface area contributed by atoms with E-state index in [0.29, 0.717) is 0 Å². The molecule has 18 heavy (non-hydrogen) atoms. The molecule has 0 aliphatic carbocycles. The molecule has 0 aliphatic rings. The van der Waals surface area contributed by atoms with Crippen molar-refractivity contribution >= 4 is 79.6 Å². The first-order valence-electron chi connectivity index (χ1n) is 4.75. The van der Waals surface area contributed by atoms with Gasteiger partial charge in [-0.15, -0.1) is 0 Å². The van der Waals surface area contributed by atoms with E-state index in [9.17, 15) is 0 Å². The first-order chi connectivity index (χ1) is 8.49. The van der Waals surface area contributed by atoms with Gasteiger partial charge in [0.25, 0.3) is 0 Å². The molecular weight excluding hydrogens is 560 g/mol. The van der Waals surface area contributed by atoms with Gasteiger partial charge in [0, 0.05) is 13.4 Å². The Balaban J connectivity index is 2.40. The molecule has 0 aromatic heterocycles. The van der Waals surface area contributed by atoms with Crippen molar-refractivity contribution < 1.29 is 4.74 Å². The van der Waals surface area contributed by atoms with Gasteiger partial charge in [0.05, 0.1) is 8.95 Å². The van der Waals surface area contributed by atoms with E-state index < -0.39 is 0 Å². The number of ether oxygens (including phenoxy) is 1. The minimum Gasteiger partial charge on any atom is -0.455 e. The topological polar surface area (TPSA) is 9.23 Å². The summed E-state index contributed by atoms with van der Waals surface area (Å²) in [6.45, 7) is 0. The maximum atomic E-state index is 5.88. The minimum absolute atomic E-state index is 0.740. The molecule has 0 heterocycles. The first-order valence-corrected chi connectivity index (χ1v) is 8.72. The molecule has 0 N–H and O–H groups in total. The molecule has 2 rings (SSSR count). The van der Waals surface area contributed by atoms with Gasteiger partial charge in [-0.3, -0.25) is 0 Å². The number of halogens is 5. The van der Waals surface area contributed by atoms with Crippen LogP contribution in [0.3, 0.4) is 0 Å². The number of rotatable bonds is 2. The molecule has 6 heteroatoms. The predicted octanol–water partition coefficient (Wildman–Crippen LogP) is 7.29. The molecule has 0 bridgehead atoms. The Labute approximate surface area is 147 Å². The third kappa shape index (κ3) is 3.39. The Morgan fingerprint density at radius 2 is 1.33 bits per heavy atom. The van der Waals surface area contributed by atoms with E-state index >= 15 is 0 Å². The second-order valence-corrected chi connectivity index (χ2v) is 7.56. The van der Waals surface area contributed by atoms with Crippen LogP contribution in [-0.4, -0.2) is 0 Å². The molecule has 0 fully saturated rings. The van der Waals surface area contributed by atoms with E-state index in [4.69, 9.17) is 4.74 Å². The molecule has 0 spiro atoms. The van der Waals surface area contributed by atoms with Crippen LogP contribution in [0.15, 0.2) is 52.7 Å². The first kappa shape index (κ1) is 15.0. The van der Waals surface area contributed by atoms with Gasteiger partial charge in [-0.2, -0.15) is 0 Å². The van der Waals surface area contributed by atoms with E-state index in [1.54, 1.807) is 0 Å². The highest BCUT2D eigenvalue weighted by Crippen LogP contribution is 2.40. The summed E-state index contributed by atoms with van der Waals surface area (Å²) in [6, 6.07) is 9.61.